The Kier molecular flexibility index (Phi) is 4.13. The van der Waals surface area contributed by atoms with Crippen LogP contribution in [0, 0.1) is 6.92 Å². The summed E-state index contributed by atoms with van der Waals surface area (Å²) in [5, 5.41) is 2.89. The second kappa shape index (κ2) is 4.96. The van der Waals surface area contributed by atoms with Crippen LogP contribution in [-0.2, 0) is 3.79 Å². The van der Waals surface area contributed by atoms with Crippen LogP contribution >= 0.6 is 34.8 Å². The Labute approximate surface area is 103 Å². The van der Waals surface area contributed by atoms with Gasteiger partial charge in [0, 0.05) is 6.54 Å². The average molecular weight is 268 g/mol. The molecule has 0 aliphatic rings. The maximum atomic E-state index is 5.67. The second-order valence-electron chi connectivity index (χ2n) is 2.70. The molecule has 0 fully saturated rings. The van der Waals surface area contributed by atoms with E-state index < -0.39 is 3.79 Å². The van der Waals surface area contributed by atoms with Gasteiger partial charge in [-0.2, -0.15) is 9.97 Å². The first-order chi connectivity index (χ1) is 6.93. The van der Waals surface area contributed by atoms with Crippen LogP contribution in [0.4, 0.5) is 5.95 Å². The van der Waals surface area contributed by atoms with Crippen molar-refractivity contribution in [3.8, 4) is 0 Å². The molecule has 0 saturated heterocycles. The van der Waals surface area contributed by atoms with Crippen molar-refractivity contribution in [3.05, 3.63) is 24.3 Å². The molecule has 0 radical (unpaired) electrons. The number of aromatic nitrogens is 3. The highest BCUT2D eigenvalue weighted by Crippen LogP contribution is 2.35. The van der Waals surface area contributed by atoms with Gasteiger partial charge in [0.05, 0.1) is 0 Å². The van der Waals surface area contributed by atoms with Crippen molar-refractivity contribution >= 4 is 40.8 Å². The fourth-order valence-corrected chi connectivity index (χ4v) is 1.10. The number of hydrogen-bond acceptors (Lipinski definition) is 4. The molecular formula is C8H9Cl3N4. The molecule has 1 aromatic rings. The normalized spacial score (nSPS) is 11.2. The molecule has 0 saturated carbocycles. The van der Waals surface area contributed by atoms with E-state index in [2.05, 4.69) is 26.8 Å². The number of rotatable bonds is 3. The summed E-state index contributed by atoms with van der Waals surface area (Å²) in [5.41, 5.74) is 0. The zero-order valence-electron chi connectivity index (χ0n) is 7.97. The largest absolute Gasteiger partial charge is 0.351 e. The van der Waals surface area contributed by atoms with E-state index in [4.69, 9.17) is 34.8 Å². The quantitative estimate of drug-likeness (QED) is 0.675. The van der Waals surface area contributed by atoms with Crippen LogP contribution in [0.1, 0.15) is 11.6 Å². The van der Waals surface area contributed by atoms with Gasteiger partial charge in [0.25, 0.3) is 0 Å². The molecule has 1 N–H and O–H groups in total. The Hall–Kier alpha value is -0.580. The third-order valence-electron chi connectivity index (χ3n) is 1.41. The molecule has 0 atom stereocenters. The molecule has 7 heteroatoms. The number of aryl methyl sites for hydroxylation is 1. The summed E-state index contributed by atoms with van der Waals surface area (Å²) in [6, 6.07) is 0. The van der Waals surface area contributed by atoms with Gasteiger partial charge >= 0.3 is 0 Å². The minimum atomic E-state index is -1.64. The monoisotopic (exact) mass is 266 g/mol. The minimum Gasteiger partial charge on any atom is -0.351 e. The standard InChI is InChI=1S/C8H9Cl3N4/c1-3-4-12-7-14-5(2)13-6(15-7)8(9,10)11/h3H,1,4H2,2H3,(H,12,13,14,15). The molecule has 0 aliphatic carbocycles. The van der Waals surface area contributed by atoms with E-state index in [0.29, 0.717) is 18.3 Å². The summed E-state index contributed by atoms with van der Waals surface area (Å²) in [6.45, 7) is 5.78. The maximum absolute atomic E-state index is 5.67. The van der Waals surface area contributed by atoms with Crippen molar-refractivity contribution in [3.63, 3.8) is 0 Å². The van der Waals surface area contributed by atoms with Crippen molar-refractivity contribution in [1.82, 2.24) is 15.0 Å². The molecule has 0 bridgehead atoms. The zero-order chi connectivity index (χ0) is 11.5. The van der Waals surface area contributed by atoms with Gasteiger partial charge in [-0.1, -0.05) is 40.9 Å². The fraction of sp³-hybridized carbons (Fsp3) is 0.375. The van der Waals surface area contributed by atoms with Gasteiger partial charge in [0.15, 0.2) is 5.82 Å². The van der Waals surface area contributed by atoms with Crippen LogP contribution in [0.3, 0.4) is 0 Å². The number of nitrogens with one attached hydrogen (secondary N) is 1. The predicted octanol–water partition coefficient (Wildman–Crippen LogP) is 2.60. The third kappa shape index (κ3) is 3.81. The second-order valence-corrected chi connectivity index (χ2v) is 4.98. The molecule has 0 amide bonds. The summed E-state index contributed by atoms with van der Waals surface area (Å²) in [5.74, 6) is 0.952. The van der Waals surface area contributed by atoms with Crippen molar-refractivity contribution in [2.75, 3.05) is 11.9 Å². The number of nitrogens with zero attached hydrogens (tertiary/aromatic N) is 3. The topological polar surface area (TPSA) is 50.7 Å². The Morgan fingerprint density at radius 2 is 2.00 bits per heavy atom. The maximum Gasteiger partial charge on any atom is 0.250 e. The van der Waals surface area contributed by atoms with Gasteiger partial charge in [0.1, 0.15) is 5.82 Å². The molecule has 1 heterocycles. The van der Waals surface area contributed by atoms with Gasteiger partial charge < -0.3 is 5.32 Å². The van der Waals surface area contributed by atoms with Crippen molar-refractivity contribution < 1.29 is 0 Å². The first-order valence-electron chi connectivity index (χ1n) is 4.08. The van der Waals surface area contributed by atoms with Crippen LogP contribution in [0.25, 0.3) is 0 Å². The molecule has 0 aliphatic heterocycles. The summed E-state index contributed by atoms with van der Waals surface area (Å²) in [7, 11) is 0. The Balaban J connectivity index is 3.00. The summed E-state index contributed by atoms with van der Waals surface area (Å²) in [6.07, 6.45) is 1.67. The van der Waals surface area contributed by atoms with Crippen molar-refractivity contribution in [1.29, 1.82) is 0 Å². The Morgan fingerprint density at radius 1 is 1.33 bits per heavy atom. The smallest absolute Gasteiger partial charge is 0.250 e. The van der Waals surface area contributed by atoms with Crippen LogP contribution in [0.2, 0.25) is 0 Å². The number of alkyl halides is 3. The average Bonchev–Trinajstić information content (AvgIpc) is 2.12. The van der Waals surface area contributed by atoms with E-state index in [1.54, 1.807) is 13.0 Å². The lowest BCUT2D eigenvalue weighted by molar-refractivity contribution is 0.878. The van der Waals surface area contributed by atoms with E-state index in [1.807, 2.05) is 0 Å². The summed E-state index contributed by atoms with van der Waals surface area (Å²) in [4.78, 5) is 11.9. The van der Waals surface area contributed by atoms with E-state index >= 15 is 0 Å². The predicted molar refractivity (Wildman–Crippen MR) is 62.5 cm³/mol. The first kappa shape index (κ1) is 12.5. The molecule has 0 aromatic carbocycles. The zero-order valence-corrected chi connectivity index (χ0v) is 10.2. The molecule has 4 nitrogen and oxygen atoms in total. The van der Waals surface area contributed by atoms with E-state index in [1.165, 1.54) is 0 Å². The fourth-order valence-electron chi connectivity index (χ4n) is 0.851. The first-order valence-corrected chi connectivity index (χ1v) is 5.21. The number of hydrogen-bond donors (Lipinski definition) is 1. The highest BCUT2D eigenvalue weighted by Gasteiger charge is 2.27. The van der Waals surface area contributed by atoms with Crippen LogP contribution < -0.4 is 5.32 Å². The van der Waals surface area contributed by atoms with Gasteiger partial charge in [-0.3, -0.25) is 0 Å². The molecule has 1 rings (SSSR count). The Morgan fingerprint density at radius 3 is 2.53 bits per heavy atom. The number of halogens is 3. The minimum absolute atomic E-state index is 0.103. The summed E-state index contributed by atoms with van der Waals surface area (Å²) >= 11 is 17.0. The van der Waals surface area contributed by atoms with Crippen molar-refractivity contribution in [2.24, 2.45) is 0 Å². The molecule has 0 spiro atoms. The van der Waals surface area contributed by atoms with Gasteiger partial charge in [-0.05, 0) is 6.92 Å². The Bertz CT molecular complexity index is 361. The van der Waals surface area contributed by atoms with Crippen molar-refractivity contribution in [2.45, 2.75) is 10.7 Å². The highest BCUT2D eigenvalue weighted by atomic mass is 35.6. The van der Waals surface area contributed by atoms with Crippen LogP contribution in [0.5, 0.6) is 0 Å². The lowest BCUT2D eigenvalue weighted by atomic mass is 10.6. The molecule has 82 valence electrons. The van der Waals surface area contributed by atoms with E-state index in [9.17, 15) is 0 Å². The van der Waals surface area contributed by atoms with Gasteiger partial charge in [-0.25, -0.2) is 4.98 Å². The van der Waals surface area contributed by atoms with Gasteiger partial charge in [0.2, 0.25) is 9.74 Å². The molecule has 1 aromatic heterocycles. The molecule has 0 unspecified atom stereocenters. The lowest BCUT2D eigenvalue weighted by Crippen LogP contribution is -2.13. The highest BCUT2D eigenvalue weighted by molar-refractivity contribution is 6.66. The summed E-state index contributed by atoms with van der Waals surface area (Å²) < 4.78 is -1.64. The molecular weight excluding hydrogens is 258 g/mol. The lowest BCUT2D eigenvalue weighted by Gasteiger charge is -2.11. The van der Waals surface area contributed by atoms with Crippen LogP contribution in [0.15, 0.2) is 12.7 Å². The van der Waals surface area contributed by atoms with Gasteiger partial charge in [-0.15, -0.1) is 6.58 Å². The molecule has 15 heavy (non-hydrogen) atoms. The van der Waals surface area contributed by atoms with E-state index in [-0.39, 0.29) is 5.82 Å². The number of anilines is 1. The van der Waals surface area contributed by atoms with Crippen LogP contribution in [-0.4, -0.2) is 21.5 Å². The van der Waals surface area contributed by atoms with E-state index in [0.717, 1.165) is 0 Å². The SMILES string of the molecule is C=CCNc1nc(C)nc(C(Cl)(Cl)Cl)n1. The third-order valence-corrected chi connectivity index (χ3v) is 1.91.